The van der Waals surface area contributed by atoms with E-state index >= 15 is 0 Å². The van der Waals surface area contributed by atoms with Gasteiger partial charge in [-0.1, -0.05) is 43.1 Å². The number of thiol groups is 1. The van der Waals surface area contributed by atoms with Gasteiger partial charge in [-0.3, -0.25) is 4.31 Å². The number of rotatable bonds is 2. The Bertz CT molecular complexity index is 265. The fourth-order valence-corrected chi connectivity index (χ4v) is 2.30. The lowest BCUT2D eigenvalue weighted by Crippen LogP contribution is -2.27. The largest absolute Gasteiger partial charge is 0.253 e. The molecule has 0 bridgehead atoms. The minimum Gasteiger partial charge on any atom is -0.253 e. The summed E-state index contributed by atoms with van der Waals surface area (Å²) >= 11 is 4.36. The maximum absolute atomic E-state index is 4.36. The third-order valence-corrected chi connectivity index (χ3v) is 3.36. The van der Waals surface area contributed by atoms with Gasteiger partial charge >= 0.3 is 0 Å². The molecule has 0 radical (unpaired) electrons. The Morgan fingerprint density at radius 3 is 2.43 bits per heavy atom. The lowest BCUT2D eigenvalue weighted by Gasteiger charge is -2.27. The first-order valence-corrected chi connectivity index (χ1v) is 5.72. The van der Waals surface area contributed by atoms with Crippen molar-refractivity contribution in [3.63, 3.8) is 0 Å². The van der Waals surface area contributed by atoms with Crippen LogP contribution in [0.2, 0.25) is 0 Å². The summed E-state index contributed by atoms with van der Waals surface area (Å²) in [7, 11) is 0. The zero-order valence-electron chi connectivity index (χ0n) is 8.39. The van der Waals surface area contributed by atoms with Crippen LogP contribution in [0.5, 0.6) is 0 Å². The van der Waals surface area contributed by atoms with Crippen molar-refractivity contribution in [3.05, 3.63) is 35.9 Å². The van der Waals surface area contributed by atoms with E-state index in [1.807, 2.05) is 0 Å². The predicted octanol–water partition coefficient (Wildman–Crippen LogP) is 2.79. The van der Waals surface area contributed by atoms with Crippen LogP contribution in [0.15, 0.2) is 30.3 Å². The molecule has 0 unspecified atom stereocenters. The van der Waals surface area contributed by atoms with E-state index in [-0.39, 0.29) is 0 Å². The quantitative estimate of drug-likeness (QED) is 0.730. The van der Waals surface area contributed by atoms with Gasteiger partial charge in [0.2, 0.25) is 0 Å². The van der Waals surface area contributed by atoms with Gasteiger partial charge in [0.25, 0.3) is 0 Å². The van der Waals surface area contributed by atoms with Crippen LogP contribution in [0.1, 0.15) is 18.4 Å². The molecule has 0 N–H and O–H groups in total. The van der Waals surface area contributed by atoms with Crippen LogP contribution in [0.4, 0.5) is 0 Å². The highest BCUT2D eigenvalue weighted by Crippen LogP contribution is 2.22. The van der Waals surface area contributed by atoms with Gasteiger partial charge in [0, 0.05) is 13.1 Å². The monoisotopic (exact) mass is 207 g/mol. The number of hydrogen-bond acceptors (Lipinski definition) is 2. The molecule has 1 aliphatic heterocycles. The van der Waals surface area contributed by atoms with Crippen molar-refractivity contribution in [2.45, 2.75) is 19.3 Å². The second-order valence-corrected chi connectivity index (χ2v) is 4.65. The highest BCUT2D eigenvalue weighted by Gasteiger charge is 2.16. The molecule has 76 valence electrons. The molecule has 0 amide bonds. The van der Waals surface area contributed by atoms with Gasteiger partial charge in [-0.05, 0) is 30.7 Å². The van der Waals surface area contributed by atoms with E-state index in [4.69, 9.17) is 0 Å². The Morgan fingerprint density at radius 2 is 1.79 bits per heavy atom. The van der Waals surface area contributed by atoms with Crippen molar-refractivity contribution in [3.8, 4) is 0 Å². The number of nitrogens with zero attached hydrogens (tertiary/aromatic N) is 1. The molecule has 0 atom stereocenters. The molecule has 0 spiro atoms. The molecule has 0 aliphatic carbocycles. The van der Waals surface area contributed by atoms with E-state index in [1.165, 1.54) is 24.8 Å². The third-order valence-electron chi connectivity index (χ3n) is 2.96. The molecule has 2 rings (SSSR count). The SMILES string of the molecule is SN1CCC(Cc2ccccc2)CC1. The smallest absolute Gasteiger partial charge is 0.00897 e. The Hall–Kier alpha value is -0.470. The predicted molar refractivity (Wildman–Crippen MR) is 63.4 cm³/mol. The summed E-state index contributed by atoms with van der Waals surface area (Å²) in [6, 6.07) is 10.8. The topological polar surface area (TPSA) is 3.24 Å². The average Bonchev–Trinajstić information content (AvgIpc) is 2.23. The minimum atomic E-state index is 0.862. The highest BCUT2D eigenvalue weighted by atomic mass is 32.1. The zero-order valence-corrected chi connectivity index (χ0v) is 9.29. The Labute approximate surface area is 91.7 Å². The molecule has 14 heavy (non-hydrogen) atoms. The van der Waals surface area contributed by atoms with Gasteiger partial charge in [0.05, 0.1) is 0 Å². The summed E-state index contributed by atoms with van der Waals surface area (Å²) in [5, 5.41) is 0. The molecule has 1 fully saturated rings. The van der Waals surface area contributed by atoms with Crippen molar-refractivity contribution in [1.82, 2.24) is 4.31 Å². The fraction of sp³-hybridized carbons (Fsp3) is 0.500. The van der Waals surface area contributed by atoms with E-state index in [9.17, 15) is 0 Å². The lowest BCUT2D eigenvalue weighted by molar-refractivity contribution is 0.293. The Morgan fingerprint density at radius 1 is 1.14 bits per heavy atom. The van der Waals surface area contributed by atoms with Crippen LogP contribution in [0.25, 0.3) is 0 Å². The molecular formula is C12H17NS. The summed E-state index contributed by atoms with van der Waals surface area (Å²) in [6.45, 7) is 2.28. The number of benzene rings is 1. The summed E-state index contributed by atoms with van der Waals surface area (Å²) in [4.78, 5) is 0. The van der Waals surface area contributed by atoms with Crippen LogP contribution in [0.3, 0.4) is 0 Å². The molecule has 1 nitrogen and oxygen atoms in total. The number of hydrogen-bond donors (Lipinski definition) is 1. The van der Waals surface area contributed by atoms with E-state index < -0.39 is 0 Å². The van der Waals surface area contributed by atoms with Crippen molar-refractivity contribution >= 4 is 12.8 Å². The first-order chi connectivity index (χ1) is 6.84. The van der Waals surface area contributed by atoms with Gasteiger partial charge in [0.15, 0.2) is 0 Å². The van der Waals surface area contributed by atoms with E-state index in [1.54, 1.807) is 0 Å². The van der Waals surface area contributed by atoms with Gasteiger partial charge in [-0.2, -0.15) is 0 Å². The molecular weight excluding hydrogens is 190 g/mol. The van der Waals surface area contributed by atoms with Crippen LogP contribution >= 0.6 is 12.8 Å². The summed E-state index contributed by atoms with van der Waals surface area (Å²) in [6.07, 6.45) is 3.82. The normalized spacial score (nSPS) is 19.8. The van der Waals surface area contributed by atoms with Gasteiger partial charge < -0.3 is 0 Å². The summed E-state index contributed by atoms with van der Waals surface area (Å²) < 4.78 is 2.13. The summed E-state index contributed by atoms with van der Waals surface area (Å²) in [5.41, 5.74) is 1.48. The first kappa shape index (κ1) is 10.1. The third kappa shape index (κ3) is 2.76. The van der Waals surface area contributed by atoms with Crippen molar-refractivity contribution < 1.29 is 0 Å². The minimum absolute atomic E-state index is 0.862. The van der Waals surface area contributed by atoms with Crippen LogP contribution < -0.4 is 0 Å². The first-order valence-electron chi connectivity index (χ1n) is 5.32. The number of piperidine rings is 1. The van der Waals surface area contributed by atoms with E-state index in [0.717, 1.165) is 19.0 Å². The standard InChI is InChI=1S/C12H17NS/c14-13-8-6-12(7-9-13)10-11-4-2-1-3-5-11/h1-5,12,14H,6-10H2. The molecule has 1 aliphatic rings. The molecule has 1 saturated heterocycles. The Kier molecular flexibility index (Phi) is 3.49. The zero-order chi connectivity index (χ0) is 9.80. The summed E-state index contributed by atoms with van der Waals surface area (Å²) in [5.74, 6) is 0.862. The van der Waals surface area contributed by atoms with Crippen molar-refractivity contribution in [1.29, 1.82) is 0 Å². The van der Waals surface area contributed by atoms with Crippen molar-refractivity contribution in [2.24, 2.45) is 5.92 Å². The fourth-order valence-electron chi connectivity index (χ4n) is 2.07. The molecule has 1 aromatic rings. The van der Waals surface area contributed by atoms with Gasteiger partial charge in [0.1, 0.15) is 0 Å². The van der Waals surface area contributed by atoms with Crippen LogP contribution in [-0.4, -0.2) is 17.4 Å². The van der Waals surface area contributed by atoms with E-state index in [0.29, 0.717) is 0 Å². The van der Waals surface area contributed by atoms with Crippen LogP contribution in [0, 0.1) is 5.92 Å². The molecule has 1 heterocycles. The maximum Gasteiger partial charge on any atom is 0.00897 e. The Balaban J connectivity index is 1.87. The van der Waals surface area contributed by atoms with E-state index in [2.05, 4.69) is 47.5 Å². The van der Waals surface area contributed by atoms with Gasteiger partial charge in [-0.25, -0.2) is 0 Å². The van der Waals surface area contributed by atoms with Gasteiger partial charge in [-0.15, -0.1) is 0 Å². The molecule has 2 heteroatoms. The van der Waals surface area contributed by atoms with Crippen molar-refractivity contribution in [2.75, 3.05) is 13.1 Å². The molecule has 1 aromatic carbocycles. The van der Waals surface area contributed by atoms with Crippen LogP contribution in [-0.2, 0) is 6.42 Å². The second-order valence-electron chi connectivity index (χ2n) is 4.09. The highest BCUT2D eigenvalue weighted by molar-refractivity contribution is 7.77. The average molecular weight is 207 g/mol. The lowest BCUT2D eigenvalue weighted by atomic mass is 9.91. The molecule has 0 saturated carbocycles. The maximum atomic E-state index is 4.36. The molecule has 0 aromatic heterocycles. The second kappa shape index (κ2) is 4.85.